The van der Waals surface area contributed by atoms with E-state index in [1.807, 2.05) is 16.5 Å². The lowest BCUT2D eigenvalue weighted by Crippen LogP contribution is -2.10. The van der Waals surface area contributed by atoms with E-state index >= 15 is 0 Å². The van der Waals surface area contributed by atoms with Gasteiger partial charge >= 0.3 is 0 Å². The Bertz CT molecular complexity index is 795. The van der Waals surface area contributed by atoms with Gasteiger partial charge in [0.25, 0.3) is 0 Å². The van der Waals surface area contributed by atoms with Gasteiger partial charge in [0.05, 0.1) is 0 Å². The normalized spacial score (nSPS) is 11.8. The van der Waals surface area contributed by atoms with Crippen LogP contribution < -0.4 is 0 Å². The molecule has 0 saturated carbocycles. The van der Waals surface area contributed by atoms with Crippen LogP contribution in [-0.4, -0.2) is 20.9 Å². The van der Waals surface area contributed by atoms with Crippen molar-refractivity contribution >= 4 is 11.9 Å². The van der Waals surface area contributed by atoms with E-state index in [0.717, 1.165) is 23.3 Å². The van der Waals surface area contributed by atoms with Crippen molar-refractivity contribution in [3.63, 3.8) is 0 Å². The van der Waals surface area contributed by atoms with Crippen molar-refractivity contribution in [2.24, 2.45) is 0 Å². The van der Waals surface area contributed by atoms with E-state index in [4.69, 9.17) is 0 Å². The molecule has 0 atom stereocenters. The molecule has 0 N–H and O–H groups in total. The third-order valence-electron chi connectivity index (χ3n) is 3.57. The molecule has 106 valence electrons. The smallest absolute Gasteiger partial charge is 0.168 e. The fourth-order valence-corrected chi connectivity index (χ4v) is 2.29. The zero-order valence-electron chi connectivity index (χ0n) is 12.4. The number of carbonyl (C=O) groups is 1. The van der Waals surface area contributed by atoms with E-state index in [1.54, 1.807) is 18.3 Å². The largest absolute Gasteiger partial charge is 0.298 e. The van der Waals surface area contributed by atoms with Crippen LogP contribution >= 0.6 is 0 Å². The van der Waals surface area contributed by atoms with Gasteiger partial charge in [0.2, 0.25) is 0 Å². The van der Waals surface area contributed by atoms with Gasteiger partial charge in [-0.25, -0.2) is 0 Å². The number of pyridine rings is 1. The molecular weight excluding hydrogens is 262 g/mol. The van der Waals surface area contributed by atoms with Crippen molar-refractivity contribution in [2.45, 2.75) is 26.2 Å². The molecule has 3 aromatic rings. The zero-order valence-corrected chi connectivity index (χ0v) is 12.4. The van der Waals surface area contributed by atoms with Gasteiger partial charge in [0.15, 0.2) is 17.8 Å². The summed E-state index contributed by atoms with van der Waals surface area (Å²) in [5.74, 6) is 0.745. The molecule has 4 heteroatoms. The molecule has 2 heterocycles. The minimum Gasteiger partial charge on any atom is -0.298 e. The maximum atomic E-state index is 10.9. The van der Waals surface area contributed by atoms with Crippen LogP contribution in [0.15, 0.2) is 42.6 Å². The van der Waals surface area contributed by atoms with Crippen LogP contribution in [0.4, 0.5) is 0 Å². The van der Waals surface area contributed by atoms with Crippen LogP contribution in [0.25, 0.3) is 17.0 Å². The molecule has 3 rings (SSSR count). The Hall–Kier alpha value is -2.49. The van der Waals surface area contributed by atoms with Crippen molar-refractivity contribution in [1.29, 1.82) is 0 Å². The summed E-state index contributed by atoms with van der Waals surface area (Å²) in [4.78, 5) is 10.9. The van der Waals surface area contributed by atoms with E-state index in [-0.39, 0.29) is 5.41 Å². The molecule has 0 radical (unpaired) electrons. The van der Waals surface area contributed by atoms with Gasteiger partial charge in [-0.2, -0.15) is 0 Å². The number of benzene rings is 1. The quantitative estimate of drug-likeness (QED) is 0.674. The van der Waals surface area contributed by atoms with Gasteiger partial charge < -0.3 is 0 Å². The number of aromatic nitrogens is 3. The monoisotopic (exact) mass is 279 g/mol. The molecule has 2 aromatic heterocycles. The minimum atomic E-state index is 0.121. The maximum Gasteiger partial charge on any atom is 0.168 e. The lowest BCUT2D eigenvalue weighted by atomic mass is 9.87. The molecule has 4 nitrogen and oxygen atoms in total. The van der Waals surface area contributed by atoms with E-state index in [1.165, 1.54) is 5.56 Å². The highest BCUT2D eigenvalue weighted by molar-refractivity contribution is 5.75. The number of carbonyl (C=O) groups excluding carboxylic acids is 1. The highest BCUT2D eigenvalue weighted by atomic mass is 16.1. The van der Waals surface area contributed by atoms with Crippen LogP contribution in [-0.2, 0) is 5.41 Å². The summed E-state index contributed by atoms with van der Waals surface area (Å²) < 4.78 is 1.84. The molecule has 0 aliphatic carbocycles. The van der Waals surface area contributed by atoms with Gasteiger partial charge in [-0.1, -0.05) is 45.0 Å². The molecule has 0 saturated heterocycles. The first kappa shape index (κ1) is 13.5. The molecule has 0 aliphatic heterocycles. The van der Waals surface area contributed by atoms with Gasteiger partial charge in [-0.05, 0) is 23.1 Å². The second kappa shape index (κ2) is 4.81. The number of rotatable bonds is 2. The Labute approximate surface area is 123 Å². The molecule has 0 bridgehead atoms. The molecular formula is C17H17N3O. The van der Waals surface area contributed by atoms with E-state index < -0.39 is 0 Å². The summed E-state index contributed by atoms with van der Waals surface area (Å²) in [5, 5.41) is 8.37. The molecule has 0 unspecified atom stereocenters. The van der Waals surface area contributed by atoms with Crippen LogP contribution in [0.1, 0.15) is 36.7 Å². The average molecular weight is 279 g/mol. The third-order valence-corrected chi connectivity index (χ3v) is 3.57. The maximum absolute atomic E-state index is 10.9. The summed E-state index contributed by atoms with van der Waals surface area (Å²) in [7, 11) is 0. The molecule has 0 amide bonds. The zero-order chi connectivity index (χ0) is 15.0. The van der Waals surface area contributed by atoms with E-state index in [0.29, 0.717) is 5.56 Å². The van der Waals surface area contributed by atoms with Crippen LogP contribution in [0.2, 0.25) is 0 Å². The number of nitrogens with zero attached hydrogens (tertiary/aromatic N) is 3. The van der Waals surface area contributed by atoms with Gasteiger partial charge in [-0.3, -0.25) is 9.20 Å². The Morgan fingerprint density at radius 3 is 2.33 bits per heavy atom. The molecule has 0 aliphatic rings. The second-order valence-corrected chi connectivity index (χ2v) is 6.16. The highest BCUT2D eigenvalue weighted by Gasteiger charge is 2.14. The number of aldehydes is 1. The fourth-order valence-electron chi connectivity index (χ4n) is 2.29. The molecule has 0 spiro atoms. The molecule has 1 aromatic carbocycles. The second-order valence-electron chi connectivity index (χ2n) is 6.16. The van der Waals surface area contributed by atoms with Crippen LogP contribution in [0, 0.1) is 0 Å². The SMILES string of the molecule is CC(C)(C)c1ccc(-c2nnc3ccc(C=O)cn23)cc1. The van der Waals surface area contributed by atoms with Crippen molar-refractivity contribution in [3.05, 3.63) is 53.7 Å². The number of hydrogen-bond donors (Lipinski definition) is 0. The van der Waals surface area contributed by atoms with Crippen LogP contribution in [0.5, 0.6) is 0 Å². The Morgan fingerprint density at radius 1 is 1.00 bits per heavy atom. The number of hydrogen-bond acceptors (Lipinski definition) is 3. The molecule has 21 heavy (non-hydrogen) atoms. The van der Waals surface area contributed by atoms with E-state index in [2.05, 4.69) is 43.1 Å². The summed E-state index contributed by atoms with van der Waals surface area (Å²) >= 11 is 0. The van der Waals surface area contributed by atoms with Gasteiger partial charge in [0, 0.05) is 17.3 Å². The predicted molar refractivity (Wildman–Crippen MR) is 82.5 cm³/mol. The highest BCUT2D eigenvalue weighted by Crippen LogP contribution is 2.25. The van der Waals surface area contributed by atoms with Crippen LogP contribution in [0.3, 0.4) is 0 Å². The summed E-state index contributed by atoms with van der Waals surface area (Å²) in [6.07, 6.45) is 2.58. The predicted octanol–water partition coefficient (Wildman–Crippen LogP) is 3.51. The standard InChI is InChI=1S/C17H17N3O/c1-17(2,3)14-7-5-13(6-8-14)16-19-18-15-9-4-12(11-21)10-20(15)16/h4-11H,1-3H3. The van der Waals surface area contributed by atoms with Crippen molar-refractivity contribution < 1.29 is 4.79 Å². The average Bonchev–Trinajstić information content (AvgIpc) is 2.89. The first-order valence-corrected chi connectivity index (χ1v) is 6.90. The lowest BCUT2D eigenvalue weighted by molar-refractivity contribution is 0.112. The minimum absolute atomic E-state index is 0.121. The summed E-state index contributed by atoms with van der Waals surface area (Å²) in [6, 6.07) is 11.8. The Kier molecular flexibility index (Phi) is 3.09. The Balaban J connectivity index is 2.10. The van der Waals surface area contributed by atoms with E-state index in [9.17, 15) is 4.79 Å². The third kappa shape index (κ3) is 2.44. The first-order chi connectivity index (χ1) is 9.99. The van der Waals surface area contributed by atoms with Gasteiger partial charge in [-0.15, -0.1) is 10.2 Å². The van der Waals surface area contributed by atoms with Crippen molar-refractivity contribution in [1.82, 2.24) is 14.6 Å². The van der Waals surface area contributed by atoms with Crippen molar-refractivity contribution in [3.8, 4) is 11.4 Å². The fraction of sp³-hybridized carbons (Fsp3) is 0.235. The summed E-state index contributed by atoms with van der Waals surface area (Å²) in [5.41, 5.74) is 3.72. The molecule has 0 fully saturated rings. The Morgan fingerprint density at radius 2 is 1.71 bits per heavy atom. The topological polar surface area (TPSA) is 47.3 Å². The van der Waals surface area contributed by atoms with Gasteiger partial charge in [0.1, 0.15) is 0 Å². The lowest BCUT2D eigenvalue weighted by Gasteiger charge is -2.18. The first-order valence-electron chi connectivity index (χ1n) is 6.90. The van der Waals surface area contributed by atoms with Crippen molar-refractivity contribution in [2.75, 3.05) is 0 Å². The summed E-state index contributed by atoms with van der Waals surface area (Å²) in [6.45, 7) is 6.56. The number of fused-ring (bicyclic) bond motifs is 1.